The summed E-state index contributed by atoms with van der Waals surface area (Å²) in [4.78, 5) is 22.3. The molecule has 0 unspecified atom stereocenters. The fourth-order valence-electron chi connectivity index (χ4n) is 1.73. The van der Waals surface area contributed by atoms with Gasteiger partial charge in [-0.05, 0) is 59.9 Å². The van der Waals surface area contributed by atoms with E-state index in [1.54, 1.807) is 0 Å². The highest BCUT2D eigenvalue weighted by Crippen LogP contribution is 2.33. The van der Waals surface area contributed by atoms with Crippen LogP contribution in [0, 0.1) is 10.1 Å². The van der Waals surface area contributed by atoms with Crippen molar-refractivity contribution in [2.45, 2.75) is 0 Å². The van der Waals surface area contributed by atoms with E-state index in [0.717, 1.165) is 18.3 Å². The van der Waals surface area contributed by atoms with E-state index in [1.807, 2.05) is 0 Å². The maximum Gasteiger partial charge on any atom is 0.271 e. The van der Waals surface area contributed by atoms with Crippen LogP contribution in [0.2, 0.25) is 0 Å². The Morgan fingerprint density at radius 1 is 1.08 bits per heavy atom. The molecule has 0 heterocycles. The molecule has 2 rings (SSSR count). The number of benzene rings is 2. The predicted molar refractivity (Wildman–Crippen MR) is 101 cm³/mol. The molecule has 0 aromatic heterocycles. The summed E-state index contributed by atoms with van der Waals surface area (Å²) in [6, 6.07) is 5.05. The van der Waals surface area contributed by atoms with Crippen LogP contribution in [0.4, 0.5) is 5.69 Å². The molecule has 0 aliphatic heterocycles. The number of nitro benzene ring substituents is 1. The van der Waals surface area contributed by atoms with Crippen molar-refractivity contribution in [2.75, 3.05) is 0 Å². The monoisotopic (exact) mass is 535 g/mol. The first kappa shape index (κ1) is 19.3. The van der Waals surface area contributed by atoms with E-state index in [0.29, 0.717) is 8.95 Å². The van der Waals surface area contributed by atoms with E-state index < -0.39 is 10.8 Å². The van der Waals surface area contributed by atoms with Gasteiger partial charge in [-0.1, -0.05) is 0 Å². The largest absolute Gasteiger partial charge is 0.506 e. The Kier molecular flexibility index (Phi) is 6.14. The summed E-state index contributed by atoms with van der Waals surface area (Å²) in [6.07, 6.45) is 1.08. The maximum atomic E-state index is 12.0. The number of carbonyl (C=O) groups is 1. The van der Waals surface area contributed by atoms with Crippen molar-refractivity contribution in [3.8, 4) is 11.5 Å². The Morgan fingerprint density at radius 3 is 2.20 bits per heavy atom. The van der Waals surface area contributed by atoms with E-state index >= 15 is 0 Å². The van der Waals surface area contributed by atoms with Gasteiger partial charge in [0.15, 0.2) is 0 Å². The fourth-order valence-corrected chi connectivity index (χ4v) is 3.38. The summed E-state index contributed by atoms with van der Waals surface area (Å²) in [5.74, 6) is -0.883. The quantitative estimate of drug-likeness (QED) is 0.308. The molecule has 3 N–H and O–H groups in total. The molecule has 0 bridgehead atoms. The van der Waals surface area contributed by atoms with Crippen LogP contribution in [0.3, 0.4) is 0 Å². The van der Waals surface area contributed by atoms with E-state index in [-0.39, 0.29) is 32.8 Å². The molecule has 1 amide bonds. The van der Waals surface area contributed by atoms with Gasteiger partial charge in [-0.2, -0.15) is 5.10 Å². The zero-order valence-corrected chi connectivity index (χ0v) is 16.8. The smallest absolute Gasteiger partial charge is 0.271 e. The lowest BCUT2D eigenvalue weighted by Crippen LogP contribution is -2.17. The number of carbonyl (C=O) groups excluding carboxylic acids is 1. The minimum absolute atomic E-state index is 0.0496. The number of phenols is 2. The molecule has 0 spiro atoms. The third-order valence-corrected chi connectivity index (χ3v) is 4.75. The van der Waals surface area contributed by atoms with Crippen molar-refractivity contribution in [2.24, 2.45) is 5.10 Å². The first-order valence-electron chi connectivity index (χ1n) is 6.39. The highest BCUT2D eigenvalue weighted by Gasteiger charge is 2.14. The minimum Gasteiger partial charge on any atom is -0.506 e. The molecule has 8 nitrogen and oxygen atoms in total. The molecule has 11 heteroatoms. The predicted octanol–water partition coefficient (Wildman–Crippen LogP) is 4.06. The molecular weight excluding hydrogens is 530 g/mol. The first-order valence-corrected chi connectivity index (χ1v) is 8.77. The summed E-state index contributed by atoms with van der Waals surface area (Å²) in [7, 11) is 0. The van der Waals surface area contributed by atoms with Gasteiger partial charge >= 0.3 is 0 Å². The third-order valence-electron chi connectivity index (χ3n) is 2.94. The van der Waals surface area contributed by atoms with Crippen LogP contribution in [-0.2, 0) is 0 Å². The van der Waals surface area contributed by atoms with Gasteiger partial charge in [0.25, 0.3) is 11.6 Å². The van der Waals surface area contributed by atoms with Crippen molar-refractivity contribution >= 4 is 65.6 Å². The van der Waals surface area contributed by atoms with Crippen molar-refractivity contribution in [1.82, 2.24) is 5.43 Å². The van der Waals surface area contributed by atoms with Gasteiger partial charge in [0, 0.05) is 23.3 Å². The van der Waals surface area contributed by atoms with Crippen molar-refractivity contribution in [3.63, 3.8) is 0 Å². The standard InChI is InChI=1S/C14H8Br3N3O5/c15-9-2-6(3-10(16)13(9)22)14(23)19-18-5-7-1-8(20(24)25)4-11(17)12(7)21/h1-5,21-22H,(H,19,23)/b18-5-. The van der Waals surface area contributed by atoms with Crippen LogP contribution in [-0.4, -0.2) is 27.3 Å². The summed E-state index contributed by atoms with van der Waals surface area (Å²) >= 11 is 9.22. The number of rotatable bonds is 4. The normalized spacial score (nSPS) is 10.8. The van der Waals surface area contributed by atoms with E-state index in [1.165, 1.54) is 12.1 Å². The molecule has 2 aromatic rings. The van der Waals surface area contributed by atoms with E-state index in [2.05, 4.69) is 58.3 Å². The molecule has 0 radical (unpaired) electrons. The first-order chi connectivity index (χ1) is 11.7. The van der Waals surface area contributed by atoms with Gasteiger partial charge < -0.3 is 10.2 Å². The lowest BCUT2D eigenvalue weighted by molar-refractivity contribution is -0.385. The zero-order valence-electron chi connectivity index (χ0n) is 12.0. The maximum absolute atomic E-state index is 12.0. The Hall–Kier alpha value is -1.98. The molecule has 0 fully saturated rings. The van der Waals surface area contributed by atoms with Gasteiger partial charge in [0.1, 0.15) is 11.5 Å². The molecule has 0 aliphatic carbocycles. The number of hydrogen-bond donors (Lipinski definition) is 3. The van der Waals surface area contributed by atoms with Gasteiger partial charge in [-0.15, -0.1) is 0 Å². The number of halogens is 3. The average molecular weight is 538 g/mol. The highest BCUT2D eigenvalue weighted by atomic mass is 79.9. The minimum atomic E-state index is -0.619. The van der Waals surface area contributed by atoms with Crippen LogP contribution in [0.5, 0.6) is 11.5 Å². The van der Waals surface area contributed by atoms with Crippen molar-refractivity contribution in [3.05, 3.63) is 58.9 Å². The van der Waals surface area contributed by atoms with Gasteiger partial charge in [0.2, 0.25) is 0 Å². The van der Waals surface area contributed by atoms with Crippen LogP contribution in [0.15, 0.2) is 42.8 Å². The summed E-state index contributed by atoms with van der Waals surface area (Å²) in [5, 5.41) is 34.0. The van der Waals surface area contributed by atoms with Crippen LogP contribution < -0.4 is 5.43 Å². The molecular formula is C14H8Br3N3O5. The second kappa shape index (κ2) is 7.93. The van der Waals surface area contributed by atoms with E-state index in [4.69, 9.17) is 0 Å². The summed E-state index contributed by atoms with van der Waals surface area (Å²) in [6.45, 7) is 0. The average Bonchev–Trinajstić information content (AvgIpc) is 2.55. The number of hydrogen-bond acceptors (Lipinski definition) is 6. The molecule has 0 aliphatic rings. The number of amides is 1. The molecule has 0 saturated heterocycles. The lowest BCUT2D eigenvalue weighted by atomic mass is 10.2. The van der Waals surface area contributed by atoms with Crippen molar-refractivity contribution < 1.29 is 19.9 Å². The second-order valence-electron chi connectivity index (χ2n) is 4.61. The van der Waals surface area contributed by atoms with Gasteiger partial charge in [-0.25, -0.2) is 5.43 Å². The Labute approximate surface area is 166 Å². The van der Waals surface area contributed by atoms with Crippen LogP contribution in [0.25, 0.3) is 0 Å². The number of non-ortho nitro benzene ring substituents is 1. The van der Waals surface area contributed by atoms with Gasteiger partial charge in [-0.3, -0.25) is 14.9 Å². The van der Waals surface area contributed by atoms with Crippen LogP contribution >= 0.6 is 47.8 Å². The number of hydrazone groups is 1. The Morgan fingerprint density at radius 2 is 1.64 bits per heavy atom. The Bertz CT molecular complexity index is 879. The molecule has 2 aromatic carbocycles. The molecule has 25 heavy (non-hydrogen) atoms. The fraction of sp³-hybridized carbons (Fsp3) is 0. The number of nitro groups is 1. The second-order valence-corrected chi connectivity index (χ2v) is 7.17. The topological polar surface area (TPSA) is 125 Å². The third kappa shape index (κ3) is 4.55. The lowest BCUT2D eigenvalue weighted by Gasteiger charge is -2.05. The molecule has 130 valence electrons. The summed E-state index contributed by atoms with van der Waals surface area (Å²) < 4.78 is 0.758. The Balaban J connectivity index is 2.21. The number of phenolic OH excluding ortho intramolecular Hbond substituents is 2. The summed E-state index contributed by atoms with van der Waals surface area (Å²) in [5.41, 5.74) is 2.24. The van der Waals surface area contributed by atoms with E-state index in [9.17, 15) is 25.1 Å². The number of nitrogens with one attached hydrogen (secondary N) is 1. The zero-order chi connectivity index (χ0) is 18.7. The SMILES string of the molecule is O=C(N/N=C\c1cc([N+](=O)[O-])cc(Br)c1O)c1cc(Br)c(O)c(Br)c1. The number of aromatic hydroxyl groups is 2. The van der Waals surface area contributed by atoms with Crippen molar-refractivity contribution in [1.29, 1.82) is 0 Å². The molecule has 0 atom stereocenters. The molecule has 0 saturated carbocycles. The highest BCUT2D eigenvalue weighted by molar-refractivity contribution is 9.11. The van der Waals surface area contributed by atoms with Crippen LogP contribution in [0.1, 0.15) is 15.9 Å². The van der Waals surface area contributed by atoms with Gasteiger partial charge in [0.05, 0.1) is 24.6 Å². The number of nitrogens with zero attached hydrogens (tertiary/aromatic N) is 2.